The highest BCUT2D eigenvalue weighted by Gasteiger charge is 2.12. The van der Waals surface area contributed by atoms with Gasteiger partial charge < -0.3 is 19.5 Å². The van der Waals surface area contributed by atoms with E-state index in [0.29, 0.717) is 11.8 Å². The van der Waals surface area contributed by atoms with Crippen LogP contribution in [0.25, 0.3) is 0 Å². The van der Waals surface area contributed by atoms with Gasteiger partial charge >= 0.3 is 6.16 Å². The summed E-state index contributed by atoms with van der Waals surface area (Å²) in [7, 11) is 4.05. The van der Waals surface area contributed by atoms with Gasteiger partial charge in [0.25, 0.3) is 11.4 Å². The van der Waals surface area contributed by atoms with E-state index in [-0.39, 0.29) is 22.9 Å². The summed E-state index contributed by atoms with van der Waals surface area (Å²) in [5.41, 5.74) is 0.854. The average molecular weight is 469 g/mol. The van der Waals surface area contributed by atoms with E-state index in [1.807, 2.05) is 26.2 Å². The van der Waals surface area contributed by atoms with Gasteiger partial charge in [0.15, 0.2) is 0 Å². The van der Waals surface area contributed by atoms with Gasteiger partial charge in [0.05, 0.1) is 9.85 Å². The van der Waals surface area contributed by atoms with Crippen LogP contribution in [0.15, 0.2) is 72.8 Å². The van der Waals surface area contributed by atoms with E-state index in [0.717, 1.165) is 5.56 Å². The molecule has 0 aliphatic heterocycles. The van der Waals surface area contributed by atoms with Crippen molar-refractivity contribution in [2.75, 3.05) is 14.1 Å². The lowest BCUT2D eigenvalue weighted by atomic mass is 10.1. The Kier molecular flexibility index (Phi) is 9.03. The molecule has 0 bridgehead atoms. The van der Waals surface area contributed by atoms with Crippen LogP contribution in [0.3, 0.4) is 0 Å². The van der Waals surface area contributed by atoms with Crippen molar-refractivity contribution in [3.05, 3.63) is 98.6 Å². The molecule has 3 rings (SSSR count). The highest BCUT2D eigenvalue weighted by Crippen LogP contribution is 2.21. The summed E-state index contributed by atoms with van der Waals surface area (Å²) in [4.78, 5) is 33.4. The topological polar surface area (TPSA) is 145 Å². The smallest absolute Gasteiger partial charge is 0.508 e. The number of ether oxygens (including phenoxy) is 2. The number of non-ortho nitro benzene ring substituents is 2. The van der Waals surface area contributed by atoms with E-state index in [1.165, 1.54) is 48.5 Å². The predicted molar refractivity (Wildman–Crippen MR) is 123 cm³/mol. The molecule has 0 unspecified atom stereocenters. The summed E-state index contributed by atoms with van der Waals surface area (Å²) in [6.45, 7) is 2.11. The molecule has 0 radical (unpaired) electrons. The second-order valence-corrected chi connectivity index (χ2v) is 7.19. The summed E-state index contributed by atoms with van der Waals surface area (Å²) >= 11 is 0. The zero-order chi connectivity index (χ0) is 25.3. The fraction of sp³-hybridized carbons (Fsp3) is 0.174. The van der Waals surface area contributed by atoms with E-state index in [4.69, 9.17) is 9.47 Å². The minimum atomic E-state index is -1.07. The molecule has 0 amide bonds. The Hall–Kier alpha value is -4.51. The van der Waals surface area contributed by atoms with Gasteiger partial charge in [0.1, 0.15) is 17.2 Å². The van der Waals surface area contributed by atoms with Crippen molar-refractivity contribution < 1.29 is 29.2 Å². The molecule has 0 heterocycles. The van der Waals surface area contributed by atoms with Gasteiger partial charge in [0.2, 0.25) is 0 Å². The van der Waals surface area contributed by atoms with E-state index < -0.39 is 16.0 Å². The number of phenols is 1. The molecule has 0 saturated heterocycles. The molecule has 1 N–H and O–H groups in total. The molecule has 0 aromatic heterocycles. The Bertz CT molecular complexity index is 1070. The van der Waals surface area contributed by atoms with Crippen LogP contribution in [0.4, 0.5) is 16.2 Å². The Morgan fingerprint density at radius 1 is 0.853 bits per heavy atom. The van der Waals surface area contributed by atoms with Crippen LogP contribution in [0.1, 0.15) is 18.5 Å². The summed E-state index contributed by atoms with van der Waals surface area (Å²) in [5.74, 6) is 0.469. The number of benzene rings is 3. The van der Waals surface area contributed by atoms with Gasteiger partial charge in [-0.15, -0.1) is 0 Å². The third-order valence-electron chi connectivity index (χ3n) is 4.62. The third kappa shape index (κ3) is 7.88. The Balaban J connectivity index is 0.000000287. The zero-order valence-corrected chi connectivity index (χ0v) is 18.7. The number of carbonyl (C=O) groups excluding carboxylic acids is 1. The second-order valence-electron chi connectivity index (χ2n) is 7.19. The number of hydrogen-bond acceptors (Lipinski definition) is 9. The van der Waals surface area contributed by atoms with Gasteiger partial charge in [0, 0.05) is 30.3 Å². The molecule has 3 aromatic rings. The van der Waals surface area contributed by atoms with E-state index in [1.54, 1.807) is 12.1 Å². The molecule has 178 valence electrons. The molecule has 11 nitrogen and oxygen atoms in total. The maximum Gasteiger partial charge on any atom is 0.519 e. The van der Waals surface area contributed by atoms with Crippen molar-refractivity contribution >= 4 is 17.5 Å². The highest BCUT2D eigenvalue weighted by atomic mass is 16.7. The predicted octanol–water partition coefficient (Wildman–Crippen LogP) is 5.10. The van der Waals surface area contributed by atoms with Crippen LogP contribution in [-0.4, -0.2) is 40.1 Å². The van der Waals surface area contributed by atoms with Crippen LogP contribution < -0.4 is 9.47 Å². The summed E-state index contributed by atoms with van der Waals surface area (Å²) in [6.07, 6.45) is -1.07. The number of nitrogens with zero attached hydrogens (tertiary/aromatic N) is 3. The number of aromatic hydroxyl groups is 1. The van der Waals surface area contributed by atoms with Crippen LogP contribution >= 0.6 is 0 Å². The number of nitro benzene ring substituents is 2. The first-order chi connectivity index (χ1) is 16.1. The lowest BCUT2D eigenvalue weighted by Crippen LogP contribution is -2.16. The minimum Gasteiger partial charge on any atom is -0.508 e. The quantitative estimate of drug-likeness (QED) is 0.225. The number of rotatable bonds is 6. The molecule has 0 saturated carbocycles. The van der Waals surface area contributed by atoms with E-state index in [9.17, 15) is 30.1 Å². The fourth-order valence-corrected chi connectivity index (χ4v) is 2.57. The highest BCUT2D eigenvalue weighted by molar-refractivity contribution is 5.67. The molecular formula is C23H23N3O8. The molecule has 0 aliphatic carbocycles. The molecular weight excluding hydrogens is 446 g/mol. The number of hydrogen-bond donors (Lipinski definition) is 1. The lowest BCUT2D eigenvalue weighted by molar-refractivity contribution is -0.385. The van der Waals surface area contributed by atoms with E-state index >= 15 is 0 Å². The van der Waals surface area contributed by atoms with Crippen molar-refractivity contribution in [2.45, 2.75) is 13.0 Å². The molecule has 34 heavy (non-hydrogen) atoms. The standard InChI is InChI=1S/C13H8N2O7.C10H15NO/c16-13(21-11-5-1-9(2-6-11)14(17)18)22-12-7-3-10(4-8-12)15(19)20;1-8(11(2)3)9-5-4-6-10(12)7-9/h1-8H;4-8,12H,1-3H3/t;8-/m.0/s1. The van der Waals surface area contributed by atoms with E-state index in [2.05, 4.69) is 11.8 Å². The molecule has 0 spiro atoms. The van der Waals surface area contributed by atoms with Crippen LogP contribution in [0, 0.1) is 20.2 Å². The largest absolute Gasteiger partial charge is 0.519 e. The number of nitro groups is 2. The Morgan fingerprint density at radius 3 is 1.65 bits per heavy atom. The fourth-order valence-electron chi connectivity index (χ4n) is 2.57. The maximum atomic E-state index is 11.5. The monoisotopic (exact) mass is 469 g/mol. The molecule has 3 aromatic carbocycles. The van der Waals surface area contributed by atoms with Gasteiger partial charge in [-0.2, -0.15) is 0 Å². The lowest BCUT2D eigenvalue weighted by Gasteiger charge is -2.19. The van der Waals surface area contributed by atoms with Gasteiger partial charge in [-0.1, -0.05) is 12.1 Å². The van der Waals surface area contributed by atoms with Gasteiger partial charge in [-0.3, -0.25) is 20.2 Å². The SMILES string of the molecule is C[C@@H](c1cccc(O)c1)N(C)C.O=C(Oc1ccc([N+](=O)[O-])cc1)Oc1ccc([N+](=O)[O-])cc1. The molecule has 11 heteroatoms. The Labute approximate surface area is 195 Å². The first-order valence-electron chi connectivity index (χ1n) is 9.90. The second kappa shape index (κ2) is 11.9. The first-order valence-corrected chi connectivity index (χ1v) is 9.90. The zero-order valence-electron chi connectivity index (χ0n) is 18.7. The maximum absolute atomic E-state index is 11.5. The van der Waals surface area contributed by atoms with Crippen LogP contribution in [0.5, 0.6) is 17.2 Å². The summed E-state index contributed by atoms with van der Waals surface area (Å²) in [6, 6.07) is 17.4. The minimum absolute atomic E-state index is 0.0671. The summed E-state index contributed by atoms with van der Waals surface area (Å²) in [5, 5.41) is 30.2. The third-order valence-corrected chi connectivity index (χ3v) is 4.62. The molecule has 0 aliphatic rings. The van der Waals surface area contributed by atoms with Gasteiger partial charge in [-0.05, 0) is 63.0 Å². The average Bonchev–Trinajstić information content (AvgIpc) is 2.79. The van der Waals surface area contributed by atoms with Crippen molar-refractivity contribution in [2.24, 2.45) is 0 Å². The number of phenolic OH excluding ortho intramolecular Hbond substituents is 1. The molecule has 1 atom stereocenters. The van der Waals surface area contributed by atoms with Crippen molar-refractivity contribution in [3.8, 4) is 17.2 Å². The molecule has 0 fully saturated rings. The van der Waals surface area contributed by atoms with Crippen molar-refractivity contribution in [3.63, 3.8) is 0 Å². The number of carbonyl (C=O) groups is 1. The van der Waals surface area contributed by atoms with Crippen LogP contribution in [-0.2, 0) is 0 Å². The first kappa shape index (κ1) is 25.7. The van der Waals surface area contributed by atoms with Crippen LogP contribution in [0.2, 0.25) is 0 Å². The summed E-state index contributed by atoms with van der Waals surface area (Å²) < 4.78 is 9.63. The Morgan fingerprint density at radius 2 is 1.29 bits per heavy atom. The van der Waals surface area contributed by atoms with Crippen molar-refractivity contribution in [1.29, 1.82) is 0 Å². The van der Waals surface area contributed by atoms with Crippen molar-refractivity contribution in [1.82, 2.24) is 4.90 Å². The van der Waals surface area contributed by atoms with Gasteiger partial charge in [-0.25, -0.2) is 4.79 Å². The normalized spacial score (nSPS) is 11.1.